The van der Waals surface area contributed by atoms with Gasteiger partial charge in [-0.25, -0.2) is 4.98 Å². The van der Waals surface area contributed by atoms with Crippen LogP contribution < -0.4 is 5.32 Å². The number of nitrogens with one attached hydrogen (secondary N) is 1. The van der Waals surface area contributed by atoms with Crippen molar-refractivity contribution in [2.45, 2.75) is 6.92 Å². The van der Waals surface area contributed by atoms with Crippen LogP contribution in [-0.4, -0.2) is 21.6 Å². The summed E-state index contributed by atoms with van der Waals surface area (Å²) >= 11 is 5.92. The monoisotopic (exact) mass is 272 g/mol. The molecule has 96 valence electrons. The molecule has 3 aromatic rings. The lowest BCUT2D eigenvalue weighted by Gasteiger charge is -2.05. The molecule has 3 rings (SSSR count). The maximum absolute atomic E-state index is 5.92. The van der Waals surface area contributed by atoms with Gasteiger partial charge in [0.15, 0.2) is 5.65 Å². The minimum absolute atomic E-state index is 0.722. The van der Waals surface area contributed by atoms with Crippen molar-refractivity contribution in [2.75, 3.05) is 12.4 Å². The number of rotatable bonds is 2. The molecule has 0 saturated carbocycles. The molecule has 2 heterocycles. The van der Waals surface area contributed by atoms with Crippen molar-refractivity contribution >= 4 is 23.1 Å². The molecule has 19 heavy (non-hydrogen) atoms. The van der Waals surface area contributed by atoms with Gasteiger partial charge in [0.1, 0.15) is 5.82 Å². The lowest BCUT2D eigenvalue weighted by atomic mass is 10.1. The van der Waals surface area contributed by atoms with Gasteiger partial charge >= 0.3 is 0 Å². The number of nitrogens with zero attached hydrogens (tertiary/aromatic N) is 3. The van der Waals surface area contributed by atoms with Crippen LogP contribution >= 0.6 is 11.6 Å². The number of aromatic nitrogens is 3. The Morgan fingerprint density at radius 2 is 1.95 bits per heavy atom. The van der Waals surface area contributed by atoms with E-state index in [1.807, 2.05) is 50.5 Å². The molecule has 0 fully saturated rings. The SMILES string of the molecule is CNc1cc(C)nc2c(-c3ccc(Cl)cc3)cnn12. The minimum Gasteiger partial charge on any atom is -0.373 e. The van der Waals surface area contributed by atoms with Crippen LogP contribution in [0.3, 0.4) is 0 Å². The topological polar surface area (TPSA) is 42.2 Å². The van der Waals surface area contributed by atoms with Crippen LogP contribution in [0.15, 0.2) is 36.5 Å². The summed E-state index contributed by atoms with van der Waals surface area (Å²) in [6.07, 6.45) is 1.83. The Morgan fingerprint density at radius 1 is 1.21 bits per heavy atom. The van der Waals surface area contributed by atoms with Gasteiger partial charge in [-0.2, -0.15) is 9.61 Å². The predicted molar refractivity (Wildman–Crippen MR) is 77.7 cm³/mol. The molecule has 0 radical (unpaired) electrons. The molecule has 0 atom stereocenters. The third kappa shape index (κ3) is 2.04. The number of hydrogen-bond acceptors (Lipinski definition) is 3. The summed E-state index contributed by atoms with van der Waals surface area (Å²) in [5.41, 5.74) is 3.84. The lowest BCUT2D eigenvalue weighted by molar-refractivity contribution is 0.934. The first-order chi connectivity index (χ1) is 9.19. The zero-order valence-electron chi connectivity index (χ0n) is 10.7. The van der Waals surface area contributed by atoms with E-state index in [1.54, 1.807) is 4.52 Å². The van der Waals surface area contributed by atoms with E-state index in [1.165, 1.54) is 0 Å². The fraction of sp³-hybridized carbons (Fsp3) is 0.143. The van der Waals surface area contributed by atoms with Gasteiger partial charge in [0.25, 0.3) is 0 Å². The molecule has 0 amide bonds. The minimum atomic E-state index is 0.722. The molecule has 0 saturated heterocycles. The van der Waals surface area contributed by atoms with Gasteiger partial charge < -0.3 is 5.32 Å². The number of halogens is 1. The molecular weight excluding hydrogens is 260 g/mol. The zero-order chi connectivity index (χ0) is 13.4. The molecule has 1 N–H and O–H groups in total. The Hall–Kier alpha value is -2.07. The summed E-state index contributed by atoms with van der Waals surface area (Å²) < 4.78 is 1.80. The average molecular weight is 273 g/mol. The number of fused-ring (bicyclic) bond motifs is 1. The van der Waals surface area contributed by atoms with Gasteiger partial charge in [-0.05, 0) is 24.6 Å². The molecule has 2 aromatic heterocycles. The first-order valence-electron chi connectivity index (χ1n) is 5.98. The fourth-order valence-corrected chi connectivity index (χ4v) is 2.22. The Labute approximate surface area is 116 Å². The third-order valence-electron chi connectivity index (χ3n) is 3.01. The second kappa shape index (κ2) is 4.55. The van der Waals surface area contributed by atoms with E-state index < -0.39 is 0 Å². The molecule has 5 heteroatoms. The van der Waals surface area contributed by atoms with E-state index in [4.69, 9.17) is 11.6 Å². The molecular formula is C14H13ClN4. The molecule has 0 spiro atoms. The van der Waals surface area contributed by atoms with Crippen molar-refractivity contribution < 1.29 is 0 Å². The van der Waals surface area contributed by atoms with Gasteiger partial charge in [-0.15, -0.1) is 0 Å². The molecule has 1 aromatic carbocycles. The van der Waals surface area contributed by atoms with Crippen LogP contribution in [0.1, 0.15) is 5.69 Å². The van der Waals surface area contributed by atoms with Crippen molar-refractivity contribution in [3.8, 4) is 11.1 Å². The van der Waals surface area contributed by atoms with Crippen molar-refractivity contribution in [2.24, 2.45) is 0 Å². The normalized spacial score (nSPS) is 10.9. The van der Waals surface area contributed by atoms with E-state index in [9.17, 15) is 0 Å². The van der Waals surface area contributed by atoms with Crippen molar-refractivity contribution in [1.82, 2.24) is 14.6 Å². The van der Waals surface area contributed by atoms with Crippen LogP contribution in [0, 0.1) is 6.92 Å². The first kappa shape index (κ1) is 12.0. The van der Waals surface area contributed by atoms with Gasteiger partial charge in [0, 0.05) is 29.4 Å². The quantitative estimate of drug-likeness (QED) is 0.777. The smallest absolute Gasteiger partial charge is 0.165 e. The predicted octanol–water partition coefficient (Wildman–Crippen LogP) is 3.40. The maximum Gasteiger partial charge on any atom is 0.165 e. The Morgan fingerprint density at radius 3 is 2.63 bits per heavy atom. The summed E-state index contributed by atoms with van der Waals surface area (Å²) in [7, 11) is 1.87. The summed E-state index contributed by atoms with van der Waals surface area (Å²) in [6.45, 7) is 1.97. The number of hydrogen-bond donors (Lipinski definition) is 1. The number of anilines is 1. The van der Waals surface area contributed by atoms with Gasteiger partial charge in [0.2, 0.25) is 0 Å². The average Bonchev–Trinajstić information content (AvgIpc) is 2.82. The van der Waals surface area contributed by atoms with Crippen molar-refractivity contribution in [1.29, 1.82) is 0 Å². The van der Waals surface area contributed by atoms with Crippen LogP contribution in [0.25, 0.3) is 16.8 Å². The highest BCUT2D eigenvalue weighted by molar-refractivity contribution is 6.30. The van der Waals surface area contributed by atoms with E-state index in [0.717, 1.165) is 33.3 Å². The highest BCUT2D eigenvalue weighted by atomic mass is 35.5. The van der Waals surface area contributed by atoms with E-state index in [0.29, 0.717) is 0 Å². The van der Waals surface area contributed by atoms with Gasteiger partial charge in [-0.3, -0.25) is 0 Å². The Kier molecular flexibility index (Phi) is 2.87. The summed E-state index contributed by atoms with van der Waals surface area (Å²) in [4.78, 5) is 4.57. The number of benzene rings is 1. The van der Waals surface area contributed by atoms with Gasteiger partial charge in [0.05, 0.1) is 6.20 Å². The standard InChI is InChI=1S/C14H13ClN4/c1-9-7-13(16-2)19-14(18-9)12(8-17-19)10-3-5-11(15)6-4-10/h3-8,16H,1-2H3. The fourth-order valence-electron chi connectivity index (χ4n) is 2.10. The molecule has 0 unspecified atom stereocenters. The van der Waals surface area contributed by atoms with Crippen LogP contribution in [0.4, 0.5) is 5.82 Å². The summed E-state index contributed by atoms with van der Waals surface area (Å²) in [6, 6.07) is 9.65. The molecule has 0 aliphatic carbocycles. The van der Waals surface area contributed by atoms with Crippen LogP contribution in [0.5, 0.6) is 0 Å². The Bertz CT molecular complexity index is 731. The summed E-state index contributed by atoms with van der Waals surface area (Å²) in [5, 5.41) is 8.23. The molecule has 4 nitrogen and oxygen atoms in total. The number of aryl methyl sites for hydroxylation is 1. The first-order valence-corrected chi connectivity index (χ1v) is 6.36. The van der Waals surface area contributed by atoms with E-state index >= 15 is 0 Å². The third-order valence-corrected chi connectivity index (χ3v) is 3.26. The van der Waals surface area contributed by atoms with Crippen molar-refractivity contribution in [3.05, 3.63) is 47.2 Å². The van der Waals surface area contributed by atoms with Crippen molar-refractivity contribution in [3.63, 3.8) is 0 Å². The highest BCUT2D eigenvalue weighted by Gasteiger charge is 2.11. The molecule has 0 bridgehead atoms. The van der Waals surface area contributed by atoms with Crippen LogP contribution in [-0.2, 0) is 0 Å². The second-order valence-electron chi connectivity index (χ2n) is 4.33. The molecule has 0 aliphatic heterocycles. The second-order valence-corrected chi connectivity index (χ2v) is 4.77. The summed E-state index contributed by atoms with van der Waals surface area (Å²) in [5.74, 6) is 0.919. The van der Waals surface area contributed by atoms with Gasteiger partial charge in [-0.1, -0.05) is 23.7 Å². The van der Waals surface area contributed by atoms with Crippen LogP contribution in [0.2, 0.25) is 5.02 Å². The Balaban J connectivity index is 2.25. The lowest BCUT2D eigenvalue weighted by Crippen LogP contribution is -2.01. The maximum atomic E-state index is 5.92. The largest absolute Gasteiger partial charge is 0.373 e. The van der Waals surface area contributed by atoms with E-state index in [2.05, 4.69) is 15.4 Å². The zero-order valence-corrected chi connectivity index (χ0v) is 11.4. The van der Waals surface area contributed by atoms with E-state index in [-0.39, 0.29) is 0 Å². The molecule has 0 aliphatic rings. The highest BCUT2D eigenvalue weighted by Crippen LogP contribution is 2.26.